The summed E-state index contributed by atoms with van der Waals surface area (Å²) >= 11 is 1.60. The second kappa shape index (κ2) is 7.54. The summed E-state index contributed by atoms with van der Waals surface area (Å²) in [6.45, 7) is 0.558. The summed E-state index contributed by atoms with van der Waals surface area (Å²) in [5.41, 5.74) is -0.202. The second-order valence-corrected chi connectivity index (χ2v) is 8.67. The highest BCUT2D eigenvalue weighted by Gasteiger charge is 2.43. The van der Waals surface area contributed by atoms with Crippen molar-refractivity contribution in [3.8, 4) is 0 Å². The predicted molar refractivity (Wildman–Crippen MR) is 101 cm³/mol. The first-order chi connectivity index (χ1) is 13.4. The van der Waals surface area contributed by atoms with Gasteiger partial charge in [0.2, 0.25) is 5.91 Å². The van der Waals surface area contributed by atoms with E-state index in [4.69, 9.17) is 0 Å². The summed E-state index contributed by atoms with van der Waals surface area (Å²) in [7, 11) is 0. The molecule has 1 amide bonds. The number of aromatic nitrogens is 2. The number of alkyl halides is 3. The van der Waals surface area contributed by atoms with Gasteiger partial charge in [-0.05, 0) is 50.0 Å². The molecule has 0 spiro atoms. The Morgan fingerprint density at radius 2 is 1.96 bits per heavy atom. The number of thiophene rings is 1. The van der Waals surface area contributed by atoms with Crippen molar-refractivity contribution in [2.75, 3.05) is 6.54 Å². The van der Waals surface area contributed by atoms with Gasteiger partial charge in [0.1, 0.15) is 0 Å². The van der Waals surface area contributed by atoms with E-state index in [0.29, 0.717) is 24.1 Å². The van der Waals surface area contributed by atoms with Crippen molar-refractivity contribution < 1.29 is 18.0 Å². The van der Waals surface area contributed by atoms with Gasteiger partial charge in [-0.2, -0.15) is 18.3 Å². The second-order valence-electron chi connectivity index (χ2n) is 7.72. The molecule has 1 saturated carbocycles. The molecule has 1 N–H and O–H groups in total. The summed E-state index contributed by atoms with van der Waals surface area (Å²) < 4.78 is 41.4. The van der Waals surface area contributed by atoms with E-state index in [1.807, 2.05) is 17.5 Å². The number of amides is 1. The molecule has 0 saturated heterocycles. The molecule has 2 aliphatic rings. The Kier molecular flexibility index (Phi) is 5.24. The zero-order valence-corrected chi connectivity index (χ0v) is 16.5. The van der Waals surface area contributed by atoms with Crippen LogP contribution in [0, 0.1) is 0 Å². The lowest BCUT2D eigenvalue weighted by molar-refractivity contribution is -0.142. The highest BCUT2D eigenvalue weighted by atomic mass is 32.1. The molecule has 0 atom stereocenters. The first-order valence-electron chi connectivity index (χ1n) is 9.90. The van der Waals surface area contributed by atoms with E-state index < -0.39 is 17.3 Å². The number of fused-ring (bicyclic) bond motifs is 1. The van der Waals surface area contributed by atoms with Crippen molar-refractivity contribution >= 4 is 17.2 Å². The summed E-state index contributed by atoms with van der Waals surface area (Å²) in [5.74, 6) is -0.00970. The molecule has 8 heteroatoms. The number of hydrogen-bond acceptors (Lipinski definition) is 3. The Labute approximate surface area is 166 Å². The number of halogens is 3. The molecule has 2 aliphatic carbocycles. The van der Waals surface area contributed by atoms with Crippen LogP contribution in [0.5, 0.6) is 0 Å². The van der Waals surface area contributed by atoms with Crippen molar-refractivity contribution in [3.63, 3.8) is 0 Å². The number of carbonyl (C=O) groups excluding carboxylic acids is 1. The molecule has 0 aliphatic heterocycles. The van der Waals surface area contributed by atoms with Gasteiger partial charge in [0.05, 0.1) is 12.0 Å². The summed E-state index contributed by atoms with van der Waals surface area (Å²) in [6.07, 6.45) is 1.96. The van der Waals surface area contributed by atoms with Crippen LogP contribution in [0.1, 0.15) is 60.4 Å². The summed E-state index contributed by atoms with van der Waals surface area (Å²) in [6, 6.07) is 3.97. The molecular weight excluding hydrogens is 387 g/mol. The topological polar surface area (TPSA) is 46.9 Å². The van der Waals surface area contributed by atoms with Gasteiger partial charge in [0, 0.05) is 22.7 Å². The SMILES string of the molecule is O=C(NCCn1nc(C(F)(F)F)c2c1CCCC2)C1(c2cccs2)CCCC1. The third kappa shape index (κ3) is 3.47. The Balaban J connectivity index is 1.47. The zero-order valence-electron chi connectivity index (χ0n) is 15.6. The molecule has 2 aromatic rings. The van der Waals surface area contributed by atoms with E-state index in [2.05, 4.69) is 10.4 Å². The lowest BCUT2D eigenvalue weighted by Gasteiger charge is -2.26. The van der Waals surface area contributed by atoms with Gasteiger partial charge in [0.15, 0.2) is 5.69 Å². The lowest BCUT2D eigenvalue weighted by atomic mass is 9.83. The maximum atomic E-state index is 13.3. The van der Waals surface area contributed by atoms with Crippen molar-refractivity contribution in [1.29, 1.82) is 0 Å². The predicted octanol–water partition coefficient (Wildman–Crippen LogP) is 4.47. The zero-order chi connectivity index (χ0) is 19.8. The minimum atomic E-state index is -4.43. The van der Waals surface area contributed by atoms with Gasteiger partial charge in [-0.3, -0.25) is 9.48 Å². The molecule has 0 radical (unpaired) electrons. The van der Waals surface area contributed by atoms with Crippen LogP contribution in [0.3, 0.4) is 0 Å². The van der Waals surface area contributed by atoms with Gasteiger partial charge >= 0.3 is 6.18 Å². The highest BCUT2D eigenvalue weighted by molar-refractivity contribution is 7.10. The first-order valence-corrected chi connectivity index (χ1v) is 10.8. The van der Waals surface area contributed by atoms with Crippen LogP contribution in [0.15, 0.2) is 17.5 Å². The first kappa shape index (κ1) is 19.5. The molecule has 2 aromatic heterocycles. The third-order valence-electron chi connectivity index (χ3n) is 6.02. The number of nitrogens with zero attached hydrogens (tertiary/aromatic N) is 2. The van der Waals surface area contributed by atoms with Gasteiger partial charge in [-0.1, -0.05) is 18.9 Å². The van der Waals surface area contributed by atoms with Crippen LogP contribution in [0.4, 0.5) is 13.2 Å². The fraction of sp³-hybridized carbons (Fsp3) is 0.600. The smallest absolute Gasteiger partial charge is 0.353 e. The van der Waals surface area contributed by atoms with Gasteiger partial charge < -0.3 is 5.32 Å². The normalized spacial score (nSPS) is 18.8. The molecule has 0 unspecified atom stereocenters. The maximum Gasteiger partial charge on any atom is 0.435 e. The molecule has 28 heavy (non-hydrogen) atoms. The van der Waals surface area contributed by atoms with E-state index in [9.17, 15) is 18.0 Å². The number of carbonyl (C=O) groups is 1. The number of nitrogens with one attached hydrogen (secondary N) is 1. The van der Waals surface area contributed by atoms with Crippen LogP contribution in [-0.4, -0.2) is 22.2 Å². The van der Waals surface area contributed by atoms with Gasteiger partial charge in [-0.15, -0.1) is 11.3 Å². The Bertz CT molecular complexity index is 836. The molecule has 0 bridgehead atoms. The van der Waals surface area contributed by atoms with Crippen LogP contribution in [0.2, 0.25) is 0 Å². The van der Waals surface area contributed by atoms with Crippen LogP contribution in [0.25, 0.3) is 0 Å². The molecular formula is C20H24F3N3OS. The number of hydrogen-bond donors (Lipinski definition) is 1. The Morgan fingerprint density at radius 3 is 2.64 bits per heavy atom. The highest BCUT2D eigenvalue weighted by Crippen LogP contribution is 2.43. The molecule has 0 aromatic carbocycles. The Hall–Kier alpha value is -1.83. The summed E-state index contributed by atoms with van der Waals surface area (Å²) in [5, 5.41) is 8.83. The minimum absolute atomic E-state index is 0.00970. The lowest BCUT2D eigenvalue weighted by Crippen LogP contribution is -2.43. The van der Waals surface area contributed by atoms with Crippen molar-refractivity contribution in [2.45, 2.75) is 69.5 Å². The standard InChI is InChI=1S/C20H24F3N3OS/c21-20(22,23)17-14-6-1-2-7-15(14)26(25-17)12-11-24-18(27)19(9-3-4-10-19)16-8-5-13-28-16/h5,8,13H,1-4,6-7,9-12H2,(H,24,27). The van der Waals surface area contributed by atoms with E-state index in [1.54, 1.807) is 11.3 Å². The number of rotatable bonds is 5. The summed E-state index contributed by atoms with van der Waals surface area (Å²) in [4.78, 5) is 14.1. The third-order valence-corrected chi connectivity index (χ3v) is 7.09. The molecule has 152 valence electrons. The molecule has 1 fully saturated rings. The quantitative estimate of drug-likeness (QED) is 0.789. The minimum Gasteiger partial charge on any atom is -0.353 e. The molecule has 2 heterocycles. The van der Waals surface area contributed by atoms with Gasteiger partial charge in [-0.25, -0.2) is 0 Å². The van der Waals surface area contributed by atoms with E-state index in [0.717, 1.165) is 43.4 Å². The van der Waals surface area contributed by atoms with E-state index >= 15 is 0 Å². The average molecular weight is 411 g/mol. The van der Waals surface area contributed by atoms with Crippen LogP contribution < -0.4 is 5.32 Å². The molecule has 4 rings (SSSR count). The van der Waals surface area contributed by atoms with Crippen molar-refractivity contribution in [1.82, 2.24) is 15.1 Å². The fourth-order valence-corrected chi connectivity index (χ4v) is 5.63. The average Bonchev–Trinajstić information content (AvgIpc) is 3.40. The van der Waals surface area contributed by atoms with E-state index in [-0.39, 0.29) is 19.0 Å². The fourth-order valence-electron chi connectivity index (χ4n) is 4.64. The molecule has 4 nitrogen and oxygen atoms in total. The largest absolute Gasteiger partial charge is 0.435 e. The van der Waals surface area contributed by atoms with Crippen LogP contribution in [-0.2, 0) is 35.8 Å². The Morgan fingerprint density at radius 1 is 1.21 bits per heavy atom. The van der Waals surface area contributed by atoms with Crippen LogP contribution >= 0.6 is 11.3 Å². The van der Waals surface area contributed by atoms with Crippen molar-refractivity contribution in [3.05, 3.63) is 39.3 Å². The monoisotopic (exact) mass is 411 g/mol. The van der Waals surface area contributed by atoms with Gasteiger partial charge in [0.25, 0.3) is 0 Å². The maximum absolute atomic E-state index is 13.3. The van der Waals surface area contributed by atoms with E-state index in [1.165, 1.54) is 4.68 Å². The van der Waals surface area contributed by atoms with Crippen molar-refractivity contribution in [2.24, 2.45) is 0 Å².